The molecule has 0 bridgehead atoms. The van der Waals surface area contributed by atoms with Gasteiger partial charge in [0.05, 0.1) is 0 Å². The Kier molecular flexibility index (Phi) is 4.80. The van der Waals surface area contributed by atoms with Crippen molar-refractivity contribution in [3.63, 3.8) is 0 Å². The summed E-state index contributed by atoms with van der Waals surface area (Å²) < 4.78 is 0. The zero-order valence-corrected chi connectivity index (χ0v) is 15.5. The second-order valence-electron chi connectivity index (χ2n) is 6.61. The third-order valence-electron chi connectivity index (χ3n) is 4.77. The van der Waals surface area contributed by atoms with Crippen LogP contribution < -0.4 is 4.90 Å². The number of rotatable bonds is 4. The summed E-state index contributed by atoms with van der Waals surface area (Å²) in [6.07, 6.45) is 2.79. The third kappa shape index (κ3) is 3.59. The SMILES string of the molecule is Cc1ccc(N(c2ccccc2)c2ccc([S+]3CCCC3)cc2)cc1. The first-order valence-corrected chi connectivity index (χ1v) is 10.6. The van der Waals surface area contributed by atoms with Gasteiger partial charge in [-0.1, -0.05) is 35.9 Å². The summed E-state index contributed by atoms with van der Waals surface area (Å²) in [6.45, 7) is 2.13. The fourth-order valence-electron chi connectivity index (χ4n) is 3.40. The Bertz CT molecular complexity index is 803. The molecule has 0 unspecified atom stereocenters. The molecule has 0 amide bonds. The zero-order valence-electron chi connectivity index (χ0n) is 14.7. The molecule has 3 aromatic rings. The molecule has 1 aliphatic rings. The van der Waals surface area contributed by atoms with Gasteiger partial charge in [0.1, 0.15) is 11.5 Å². The minimum absolute atomic E-state index is 0.477. The van der Waals surface area contributed by atoms with Crippen molar-refractivity contribution in [2.75, 3.05) is 16.4 Å². The molecule has 25 heavy (non-hydrogen) atoms. The van der Waals surface area contributed by atoms with Gasteiger partial charge in [0.25, 0.3) is 0 Å². The Balaban J connectivity index is 1.71. The Morgan fingerprint density at radius 1 is 0.640 bits per heavy atom. The smallest absolute Gasteiger partial charge is 0.155 e. The summed E-state index contributed by atoms with van der Waals surface area (Å²) in [5.74, 6) is 2.75. The molecule has 0 aromatic heterocycles. The minimum atomic E-state index is 0.477. The molecule has 126 valence electrons. The summed E-state index contributed by atoms with van der Waals surface area (Å²) in [4.78, 5) is 3.86. The van der Waals surface area contributed by atoms with Crippen LogP contribution in [0.25, 0.3) is 0 Å². The van der Waals surface area contributed by atoms with E-state index in [9.17, 15) is 0 Å². The van der Waals surface area contributed by atoms with Gasteiger partial charge in [-0.3, -0.25) is 0 Å². The largest absolute Gasteiger partial charge is 0.310 e. The van der Waals surface area contributed by atoms with Gasteiger partial charge in [0.2, 0.25) is 0 Å². The van der Waals surface area contributed by atoms with E-state index in [1.165, 1.54) is 51.9 Å². The molecular formula is C23H24NS+. The monoisotopic (exact) mass is 346 g/mol. The Morgan fingerprint density at radius 3 is 1.76 bits per heavy atom. The molecule has 0 aliphatic carbocycles. The highest BCUT2D eigenvalue weighted by Crippen LogP contribution is 2.35. The molecule has 0 spiro atoms. The molecule has 0 atom stereocenters. The molecular weight excluding hydrogens is 322 g/mol. The predicted octanol–water partition coefficient (Wildman–Crippen LogP) is 6.24. The first-order valence-electron chi connectivity index (χ1n) is 9.01. The van der Waals surface area contributed by atoms with Crippen molar-refractivity contribution in [1.29, 1.82) is 0 Å². The van der Waals surface area contributed by atoms with Crippen LogP contribution in [0.5, 0.6) is 0 Å². The number of anilines is 3. The van der Waals surface area contributed by atoms with Crippen molar-refractivity contribution in [3.8, 4) is 0 Å². The lowest BCUT2D eigenvalue weighted by Gasteiger charge is -2.25. The normalized spacial score (nSPS) is 14.6. The van der Waals surface area contributed by atoms with Gasteiger partial charge in [0, 0.05) is 28.0 Å². The lowest BCUT2D eigenvalue weighted by molar-refractivity contribution is 0.949. The first-order chi connectivity index (χ1) is 12.3. The van der Waals surface area contributed by atoms with Gasteiger partial charge in [-0.2, -0.15) is 0 Å². The summed E-state index contributed by atoms with van der Waals surface area (Å²) in [5.41, 5.74) is 4.91. The molecule has 1 heterocycles. The van der Waals surface area contributed by atoms with Crippen LogP contribution in [0, 0.1) is 6.92 Å². The highest BCUT2D eigenvalue weighted by Gasteiger charge is 2.26. The summed E-state index contributed by atoms with van der Waals surface area (Å²) in [6, 6.07) is 28.6. The second-order valence-corrected chi connectivity index (χ2v) is 8.88. The molecule has 0 saturated carbocycles. The first kappa shape index (κ1) is 16.3. The van der Waals surface area contributed by atoms with Crippen molar-refractivity contribution >= 4 is 28.0 Å². The van der Waals surface area contributed by atoms with Crippen molar-refractivity contribution in [3.05, 3.63) is 84.4 Å². The Labute approximate surface area is 153 Å². The molecule has 2 heteroatoms. The van der Waals surface area contributed by atoms with Gasteiger partial charge >= 0.3 is 0 Å². The van der Waals surface area contributed by atoms with Crippen molar-refractivity contribution in [2.45, 2.75) is 24.7 Å². The summed E-state index contributed by atoms with van der Waals surface area (Å²) in [7, 11) is 0.477. The Morgan fingerprint density at radius 2 is 1.16 bits per heavy atom. The van der Waals surface area contributed by atoms with Gasteiger partial charge in [0.15, 0.2) is 4.90 Å². The van der Waals surface area contributed by atoms with E-state index in [2.05, 4.69) is 90.7 Å². The fourth-order valence-corrected chi connectivity index (χ4v) is 5.70. The molecule has 1 aliphatic heterocycles. The average Bonchev–Trinajstić information content (AvgIpc) is 3.20. The van der Waals surface area contributed by atoms with Crippen LogP contribution in [0.2, 0.25) is 0 Å². The van der Waals surface area contributed by atoms with Crippen LogP contribution in [0.15, 0.2) is 83.8 Å². The molecule has 4 rings (SSSR count). The van der Waals surface area contributed by atoms with Crippen LogP contribution in [0.3, 0.4) is 0 Å². The quantitative estimate of drug-likeness (QED) is 0.506. The number of nitrogens with zero attached hydrogens (tertiary/aromatic N) is 1. The van der Waals surface area contributed by atoms with E-state index in [0.29, 0.717) is 10.9 Å². The van der Waals surface area contributed by atoms with Crippen molar-refractivity contribution in [1.82, 2.24) is 0 Å². The number of hydrogen-bond acceptors (Lipinski definition) is 1. The predicted molar refractivity (Wildman–Crippen MR) is 110 cm³/mol. The summed E-state index contributed by atoms with van der Waals surface area (Å²) >= 11 is 0. The number of para-hydroxylation sites is 1. The maximum Gasteiger partial charge on any atom is 0.155 e. The van der Waals surface area contributed by atoms with Gasteiger partial charge in [-0.05, 0) is 68.3 Å². The van der Waals surface area contributed by atoms with Crippen LogP contribution in [-0.4, -0.2) is 11.5 Å². The van der Waals surface area contributed by atoms with E-state index in [1.807, 2.05) is 0 Å². The molecule has 1 nitrogen and oxygen atoms in total. The lowest BCUT2D eigenvalue weighted by atomic mass is 10.1. The molecule has 3 aromatic carbocycles. The lowest BCUT2D eigenvalue weighted by Crippen LogP contribution is -2.10. The third-order valence-corrected chi connectivity index (χ3v) is 7.27. The molecule has 1 fully saturated rings. The van der Waals surface area contributed by atoms with E-state index in [0.717, 1.165) is 0 Å². The van der Waals surface area contributed by atoms with Crippen LogP contribution in [0.1, 0.15) is 18.4 Å². The highest BCUT2D eigenvalue weighted by atomic mass is 32.2. The maximum absolute atomic E-state index is 2.34. The number of hydrogen-bond donors (Lipinski definition) is 0. The van der Waals surface area contributed by atoms with Crippen molar-refractivity contribution in [2.24, 2.45) is 0 Å². The van der Waals surface area contributed by atoms with E-state index < -0.39 is 0 Å². The average molecular weight is 347 g/mol. The Hall–Kier alpha value is -2.19. The van der Waals surface area contributed by atoms with Crippen molar-refractivity contribution < 1.29 is 0 Å². The van der Waals surface area contributed by atoms with E-state index in [4.69, 9.17) is 0 Å². The maximum atomic E-state index is 2.34. The van der Waals surface area contributed by atoms with Crippen LogP contribution >= 0.6 is 0 Å². The molecule has 0 N–H and O–H groups in total. The highest BCUT2D eigenvalue weighted by molar-refractivity contribution is 7.97. The van der Waals surface area contributed by atoms with Gasteiger partial charge in [-0.25, -0.2) is 0 Å². The molecule has 1 saturated heterocycles. The van der Waals surface area contributed by atoms with E-state index in [1.54, 1.807) is 0 Å². The van der Waals surface area contributed by atoms with Gasteiger partial charge < -0.3 is 4.90 Å². The summed E-state index contributed by atoms with van der Waals surface area (Å²) in [5, 5.41) is 0. The number of benzene rings is 3. The number of aryl methyl sites for hydroxylation is 1. The van der Waals surface area contributed by atoms with Crippen LogP contribution in [0.4, 0.5) is 17.1 Å². The zero-order chi connectivity index (χ0) is 17.1. The molecule has 0 radical (unpaired) electrons. The van der Waals surface area contributed by atoms with E-state index in [-0.39, 0.29) is 0 Å². The fraction of sp³-hybridized carbons (Fsp3) is 0.217. The topological polar surface area (TPSA) is 3.24 Å². The minimum Gasteiger partial charge on any atom is -0.310 e. The van der Waals surface area contributed by atoms with Crippen LogP contribution in [-0.2, 0) is 10.9 Å². The van der Waals surface area contributed by atoms with Gasteiger partial charge in [-0.15, -0.1) is 0 Å². The second kappa shape index (κ2) is 7.37. The standard InChI is InChI=1S/C23H24NS/c1-19-9-11-21(12-10-19)24(20-7-3-2-4-8-20)22-13-15-23(16-14-22)25-17-5-6-18-25/h2-4,7-16H,5-6,17-18H2,1H3/q+1. The van der Waals surface area contributed by atoms with E-state index >= 15 is 0 Å².